The van der Waals surface area contributed by atoms with Crippen LogP contribution in [0.1, 0.15) is 0 Å². The summed E-state index contributed by atoms with van der Waals surface area (Å²) in [6.45, 7) is 0. The summed E-state index contributed by atoms with van der Waals surface area (Å²) >= 11 is 0. The molecule has 0 spiro atoms. The second-order valence-electron chi connectivity index (χ2n) is 9.86. The third-order valence-corrected chi connectivity index (χ3v) is 7.36. The van der Waals surface area contributed by atoms with E-state index in [0.29, 0.717) is 0 Å². The summed E-state index contributed by atoms with van der Waals surface area (Å²) in [5.41, 5.74) is 6.71. The van der Waals surface area contributed by atoms with Crippen molar-refractivity contribution in [1.29, 1.82) is 0 Å². The Hall–Kier alpha value is -5.34. The quantitative estimate of drug-likeness (QED) is 0.204. The fourth-order valence-electron chi connectivity index (χ4n) is 5.60. The second kappa shape index (κ2) is 10.4. The summed E-state index contributed by atoms with van der Waals surface area (Å²) < 4.78 is 0. The van der Waals surface area contributed by atoms with Crippen molar-refractivity contribution in [2.24, 2.45) is 0 Å². The molecule has 2 nitrogen and oxygen atoms in total. The molecule has 7 aromatic carbocycles. The largest absolute Gasteiger partial charge is 0.310 e. The molecule has 0 saturated heterocycles. The van der Waals surface area contributed by atoms with E-state index >= 15 is 0 Å². The maximum Gasteiger partial charge on any atom is 0.0567 e. The van der Waals surface area contributed by atoms with E-state index in [-0.39, 0.29) is 0 Å². The van der Waals surface area contributed by atoms with Crippen molar-refractivity contribution < 1.29 is 0 Å². The van der Waals surface area contributed by atoms with Crippen molar-refractivity contribution in [3.8, 4) is 0 Å². The Morgan fingerprint density at radius 3 is 1.25 bits per heavy atom. The van der Waals surface area contributed by atoms with Gasteiger partial charge in [0.25, 0.3) is 0 Å². The fourth-order valence-corrected chi connectivity index (χ4v) is 5.60. The number of fused-ring (bicyclic) bond motifs is 3. The molecule has 0 fully saturated rings. The molecular weight excluding hydrogens is 484 g/mol. The van der Waals surface area contributed by atoms with Crippen LogP contribution in [0.3, 0.4) is 0 Å². The predicted octanol–water partition coefficient (Wildman–Crippen LogP) is 10.9. The van der Waals surface area contributed by atoms with Gasteiger partial charge >= 0.3 is 0 Å². The third kappa shape index (κ3) is 4.36. The van der Waals surface area contributed by atoms with Crippen LogP contribution in [0.2, 0.25) is 0 Å². The zero-order valence-electron chi connectivity index (χ0n) is 22.1. The van der Waals surface area contributed by atoms with Crippen LogP contribution >= 0.6 is 0 Å². The number of hydrogen-bond acceptors (Lipinski definition) is 2. The standard InChI is InChI=1S/C38H28N2/c1-5-16-31(17-6-1)39(32-18-7-2-8-19-32)35-27-30-26-25-29-15-13-14-24-36(29)38(30)37(28-35)40(33-20-9-3-10-21-33)34-22-11-4-12-23-34/h1-28H. The number of benzene rings is 7. The Balaban J connectivity index is 1.58. The zero-order chi connectivity index (χ0) is 26.7. The number of nitrogens with zero attached hydrogens (tertiary/aromatic N) is 2. The van der Waals surface area contributed by atoms with Crippen LogP contribution in [-0.2, 0) is 0 Å². The smallest absolute Gasteiger partial charge is 0.0567 e. The highest BCUT2D eigenvalue weighted by Crippen LogP contribution is 2.46. The molecule has 0 aliphatic heterocycles. The van der Waals surface area contributed by atoms with Crippen LogP contribution in [0.4, 0.5) is 34.1 Å². The molecule has 0 radical (unpaired) electrons. The lowest BCUT2D eigenvalue weighted by Gasteiger charge is -2.31. The van der Waals surface area contributed by atoms with Gasteiger partial charge in [-0.2, -0.15) is 0 Å². The van der Waals surface area contributed by atoms with Crippen molar-refractivity contribution in [3.05, 3.63) is 170 Å². The van der Waals surface area contributed by atoms with Gasteiger partial charge in [-0.15, -0.1) is 0 Å². The van der Waals surface area contributed by atoms with E-state index in [9.17, 15) is 0 Å². The van der Waals surface area contributed by atoms with Crippen LogP contribution in [0.5, 0.6) is 0 Å². The molecule has 7 rings (SSSR count). The van der Waals surface area contributed by atoms with Gasteiger partial charge in [0.2, 0.25) is 0 Å². The van der Waals surface area contributed by atoms with Gasteiger partial charge in [0, 0.05) is 33.8 Å². The van der Waals surface area contributed by atoms with Crippen molar-refractivity contribution in [2.45, 2.75) is 0 Å². The van der Waals surface area contributed by atoms with Gasteiger partial charge in [-0.3, -0.25) is 0 Å². The van der Waals surface area contributed by atoms with Crippen LogP contribution in [-0.4, -0.2) is 0 Å². The molecule has 40 heavy (non-hydrogen) atoms. The summed E-state index contributed by atoms with van der Waals surface area (Å²) in [6, 6.07) is 60.3. The lowest BCUT2D eigenvalue weighted by atomic mass is 9.98. The van der Waals surface area contributed by atoms with Crippen LogP contribution in [0.25, 0.3) is 21.5 Å². The Kier molecular flexibility index (Phi) is 6.20. The van der Waals surface area contributed by atoms with Crippen molar-refractivity contribution in [2.75, 3.05) is 9.80 Å². The van der Waals surface area contributed by atoms with Crippen LogP contribution in [0, 0.1) is 0 Å². The Labute approximate surface area is 235 Å². The molecule has 0 aliphatic rings. The van der Waals surface area contributed by atoms with E-state index < -0.39 is 0 Å². The highest BCUT2D eigenvalue weighted by molar-refractivity contribution is 6.16. The first-order valence-corrected chi connectivity index (χ1v) is 13.6. The highest BCUT2D eigenvalue weighted by atomic mass is 15.2. The van der Waals surface area contributed by atoms with Gasteiger partial charge < -0.3 is 9.80 Å². The number of rotatable bonds is 6. The monoisotopic (exact) mass is 512 g/mol. The highest BCUT2D eigenvalue weighted by Gasteiger charge is 2.21. The van der Waals surface area contributed by atoms with Gasteiger partial charge in [-0.25, -0.2) is 0 Å². The van der Waals surface area contributed by atoms with E-state index in [0.717, 1.165) is 34.1 Å². The lowest BCUT2D eigenvalue weighted by Crippen LogP contribution is -2.13. The molecule has 7 aromatic rings. The molecule has 0 unspecified atom stereocenters. The molecule has 0 aromatic heterocycles. The molecular formula is C38H28N2. The summed E-state index contributed by atoms with van der Waals surface area (Å²) in [5.74, 6) is 0. The molecule has 0 amide bonds. The normalized spacial score (nSPS) is 11.0. The van der Waals surface area contributed by atoms with E-state index in [1.165, 1.54) is 21.5 Å². The Bertz CT molecular complexity index is 1800. The first-order valence-electron chi connectivity index (χ1n) is 13.6. The minimum absolute atomic E-state index is 1.10. The molecule has 0 heterocycles. The van der Waals surface area contributed by atoms with Gasteiger partial charge in [0.1, 0.15) is 0 Å². The van der Waals surface area contributed by atoms with Gasteiger partial charge in [-0.05, 0) is 76.8 Å². The minimum Gasteiger partial charge on any atom is -0.310 e. The molecule has 0 atom stereocenters. The summed E-state index contributed by atoms with van der Waals surface area (Å²) in [5, 5.41) is 4.90. The number of anilines is 6. The van der Waals surface area contributed by atoms with E-state index in [2.05, 4.69) is 180 Å². The van der Waals surface area contributed by atoms with Crippen molar-refractivity contribution in [3.63, 3.8) is 0 Å². The van der Waals surface area contributed by atoms with Gasteiger partial charge in [0.05, 0.1) is 5.69 Å². The molecule has 0 N–H and O–H groups in total. The minimum atomic E-state index is 1.10. The Morgan fingerprint density at radius 2 is 0.725 bits per heavy atom. The van der Waals surface area contributed by atoms with E-state index in [1.54, 1.807) is 0 Å². The maximum absolute atomic E-state index is 2.38. The molecule has 0 bridgehead atoms. The van der Waals surface area contributed by atoms with E-state index in [1.807, 2.05) is 0 Å². The summed E-state index contributed by atoms with van der Waals surface area (Å²) in [4.78, 5) is 4.72. The first kappa shape index (κ1) is 23.8. The molecule has 0 saturated carbocycles. The Morgan fingerprint density at radius 1 is 0.300 bits per heavy atom. The fraction of sp³-hybridized carbons (Fsp3) is 0. The van der Waals surface area contributed by atoms with Crippen molar-refractivity contribution in [1.82, 2.24) is 0 Å². The third-order valence-electron chi connectivity index (χ3n) is 7.36. The van der Waals surface area contributed by atoms with Crippen LogP contribution < -0.4 is 9.80 Å². The SMILES string of the molecule is c1ccc(N(c2ccccc2)c2cc(N(c3ccccc3)c3ccccc3)c3c(ccc4ccccc43)c2)cc1. The topological polar surface area (TPSA) is 6.48 Å². The molecule has 2 heteroatoms. The summed E-state index contributed by atoms with van der Waals surface area (Å²) in [7, 11) is 0. The van der Waals surface area contributed by atoms with Gasteiger partial charge in [-0.1, -0.05) is 109 Å². The molecule has 0 aliphatic carbocycles. The van der Waals surface area contributed by atoms with E-state index in [4.69, 9.17) is 0 Å². The lowest BCUT2D eigenvalue weighted by molar-refractivity contribution is 1.26. The number of hydrogen-bond donors (Lipinski definition) is 0. The van der Waals surface area contributed by atoms with Crippen LogP contribution in [0.15, 0.2) is 170 Å². The van der Waals surface area contributed by atoms with Crippen molar-refractivity contribution >= 4 is 55.7 Å². The second-order valence-corrected chi connectivity index (χ2v) is 9.86. The number of para-hydroxylation sites is 4. The average molecular weight is 513 g/mol. The zero-order valence-corrected chi connectivity index (χ0v) is 22.1. The molecule has 190 valence electrons. The maximum atomic E-state index is 2.38. The summed E-state index contributed by atoms with van der Waals surface area (Å²) in [6.07, 6.45) is 0. The predicted molar refractivity (Wildman–Crippen MR) is 171 cm³/mol. The first-order chi connectivity index (χ1) is 19.9. The van der Waals surface area contributed by atoms with Gasteiger partial charge in [0.15, 0.2) is 0 Å². The average Bonchev–Trinajstić information content (AvgIpc) is 3.03.